The van der Waals surface area contributed by atoms with Crippen LogP contribution >= 0.6 is 0 Å². The van der Waals surface area contributed by atoms with Crippen molar-refractivity contribution in [3.05, 3.63) is 69.3 Å². The number of carboxylic acids is 1. The van der Waals surface area contributed by atoms with E-state index in [1.54, 1.807) is 6.08 Å². The highest BCUT2D eigenvalue weighted by molar-refractivity contribution is 5.86. The quantitative estimate of drug-likeness (QED) is 0.259. The number of rotatable bonds is 12. The van der Waals surface area contributed by atoms with Gasteiger partial charge in [-0.1, -0.05) is 114 Å². The molecule has 0 heterocycles. The molecular formula is C37H56O3. The first-order valence-corrected chi connectivity index (χ1v) is 15.3. The zero-order valence-electron chi connectivity index (χ0n) is 27.7. The summed E-state index contributed by atoms with van der Waals surface area (Å²) in [5.74, 6) is -0.746. The van der Waals surface area contributed by atoms with Crippen molar-refractivity contribution in [2.24, 2.45) is 0 Å². The lowest BCUT2D eigenvalue weighted by molar-refractivity contribution is -0.131. The average molecular weight is 549 g/mol. The summed E-state index contributed by atoms with van der Waals surface area (Å²) in [6, 6.07) is 8.98. The monoisotopic (exact) mass is 548 g/mol. The van der Waals surface area contributed by atoms with Crippen LogP contribution in [0.5, 0.6) is 5.75 Å². The van der Waals surface area contributed by atoms with E-state index in [0.29, 0.717) is 5.75 Å². The molecule has 2 aromatic carbocycles. The molecule has 0 bridgehead atoms. The SMILES string of the molecule is CCC(C)(C)c1cc(C(C)c2cc(C(C)(C)CC)cc(C(C)(C)CC)c2C=CC(=O)O)c(O)c(C(C)(C)CC)c1. The molecule has 3 heteroatoms. The molecule has 0 fully saturated rings. The molecule has 0 aliphatic carbocycles. The molecule has 0 saturated carbocycles. The summed E-state index contributed by atoms with van der Waals surface area (Å²) in [5, 5.41) is 21.5. The van der Waals surface area contributed by atoms with Crippen molar-refractivity contribution in [2.45, 2.75) is 143 Å². The molecule has 0 saturated heterocycles. The number of carbonyl (C=O) groups is 1. The third-order valence-electron chi connectivity index (χ3n) is 10.2. The molecule has 0 aliphatic rings. The molecule has 3 nitrogen and oxygen atoms in total. The molecule has 2 aromatic rings. The number of aromatic hydroxyl groups is 1. The fourth-order valence-electron chi connectivity index (χ4n) is 5.18. The molecule has 222 valence electrons. The van der Waals surface area contributed by atoms with Crippen molar-refractivity contribution in [2.75, 3.05) is 0 Å². The second-order valence-electron chi connectivity index (χ2n) is 14.3. The average Bonchev–Trinajstić information content (AvgIpc) is 2.90. The van der Waals surface area contributed by atoms with Crippen molar-refractivity contribution < 1.29 is 15.0 Å². The van der Waals surface area contributed by atoms with Crippen LogP contribution in [0.3, 0.4) is 0 Å². The molecule has 40 heavy (non-hydrogen) atoms. The third kappa shape index (κ3) is 6.84. The van der Waals surface area contributed by atoms with Crippen LogP contribution < -0.4 is 0 Å². The van der Waals surface area contributed by atoms with Crippen molar-refractivity contribution in [1.82, 2.24) is 0 Å². The van der Waals surface area contributed by atoms with Gasteiger partial charge in [0.05, 0.1) is 0 Å². The van der Waals surface area contributed by atoms with E-state index < -0.39 is 5.97 Å². The lowest BCUT2D eigenvalue weighted by Gasteiger charge is -2.34. The number of benzene rings is 2. The molecule has 0 amide bonds. The fourth-order valence-corrected chi connectivity index (χ4v) is 5.18. The van der Waals surface area contributed by atoms with Gasteiger partial charge in [-0.05, 0) is 81.2 Å². The molecule has 0 aromatic heterocycles. The number of phenolic OH excluding ortho intramolecular Hbond substituents is 1. The van der Waals surface area contributed by atoms with Crippen molar-refractivity contribution >= 4 is 12.0 Å². The number of carboxylic acid groups (broad SMARTS) is 1. The standard InChI is InChI=1S/C37H56O3/c1-14-34(6,7)25-20-28(27(18-19-32(38)39)30(22-25)36(10,11)16-3)24(5)29-21-26(35(8,9)15-2)23-31(33(29)40)37(12,13)17-4/h18-24,40H,14-17H2,1-13H3,(H,38,39). The predicted octanol–water partition coefficient (Wildman–Crippen LogP) is 10.4. The molecule has 1 atom stereocenters. The van der Waals surface area contributed by atoms with Gasteiger partial charge in [0.2, 0.25) is 0 Å². The number of hydrogen-bond acceptors (Lipinski definition) is 2. The second-order valence-corrected chi connectivity index (χ2v) is 14.3. The molecule has 0 aliphatic heterocycles. The Kier molecular flexibility index (Phi) is 10.2. The maximum atomic E-state index is 11.9. The van der Waals surface area contributed by atoms with Gasteiger partial charge in [-0.3, -0.25) is 0 Å². The Morgan fingerprint density at radius 1 is 0.700 bits per heavy atom. The Balaban J connectivity index is 3.11. The minimum absolute atomic E-state index is 0.0474. The van der Waals surface area contributed by atoms with Gasteiger partial charge in [0, 0.05) is 23.1 Å². The topological polar surface area (TPSA) is 57.5 Å². The lowest BCUT2D eigenvalue weighted by Crippen LogP contribution is -2.24. The van der Waals surface area contributed by atoms with Gasteiger partial charge < -0.3 is 10.2 Å². The summed E-state index contributed by atoms with van der Waals surface area (Å²) in [6.07, 6.45) is 6.83. The van der Waals surface area contributed by atoms with Crippen LogP contribution in [0.1, 0.15) is 161 Å². The molecule has 0 radical (unpaired) electrons. The van der Waals surface area contributed by atoms with E-state index in [-0.39, 0.29) is 27.6 Å². The van der Waals surface area contributed by atoms with Crippen LogP contribution in [0.4, 0.5) is 0 Å². The van der Waals surface area contributed by atoms with Gasteiger partial charge in [0.15, 0.2) is 0 Å². The summed E-state index contributed by atoms with van der Waals surface area (Å²) in [5.41, 5.74) is 7.11. The molecule has 2 N–H and O–H groups in total. The van der Waals surface area contributed by atoms with Crippen molar-refractivity contribution in [1.29, 1.82) is 0 Å². The predicted molar refractivity (Wildman–Crippen MR) is 172 cm³/mol. The fraction of sp³-hybridized carbons (Fsp3) is 0.595. The summed E-state index contributed by atoms with van der Waals surface area (Å²) < 4.78 is 0. The first-order chi connectivity index (χ1) is 18.3. The summed E-state index contributed by atoms with van der Waals surface area (Å²) in [7, 11) is 0. The van der Waals surface area contributed by atoms with Gasteiger partial charge in [-0.25, -0.2) is 4.79 Å². The van der Waals surface area contributed by atoms with E-state index in [2.05, 4.69) is 114 Å². The number of phenols is 1. The minimum Gasteiger partial charge on any atom is -0.507 e. The third-order valence-corrected chi connectivity index (χ3v) is 10.2. The van der Waals surface area contributed by atoms with Crippen LogP contribution in [0.15, 0.2) is 30.3 Å². The van der Waals surface area contributed by atoms with Crippen molar-refractivity contribution in [3.8, 4) is 5.75 Å². The summed E-state index contributed by atoms with van der Waals surface area (Å²) >= 11 is 0. The summed E-state index contributed by atoms with van der Waals surface area (Å²) in [6.45, 7) is 28.9. The van der Waals surface area contributed by atoms with Crippen LogP contribution in [-0.4, -0.2) is 16.2 Å². The highest BCUT2D eigenvalue weighted by Gasteiger charge is 2.33. The van der Waals surface area contributed by atoms with E-state index >= 15 is 0 Å². The Hall–Kier alpha value is -2.55. The van der Waals surface area contributed by atoms with Gasteiger partial charge in [-0.2, -0.15) is 0 Å². The largest absolute Gasteiger partial charge is 0.507 e. The Bertz CT molecular complexity index is 1240. The Labute approximate surface area is 245 Å². The van der Waals surface area contributed by atoms with Crippen LogP contribution in [0.2, 0.25) is 0 Å². The molecule has 0 spiro atoms. The first kappa shape index (κ1) is 33.7. The zero-order valence-corrected chi connectivity index (χ0v) is 27.7. The molecule has 1 unspecified atom stereocenters. The summed E-state index contributed by atoms with van der Waals surface area (Å²) in [4.78, 5) is 11.7. The first-order valence-electron chi connectivity index (χ1n) is 15.3. The van der Waals surface area contributed by atoms with E-state index in [0.717, 1.165) is 53.5 Å². The zero-order chi connectivity index (χ0) is 30.8. The molecule has 2 rings (SSSR count). The highest BCUT2D eigenvalue weighted by Crippen LogP contribution is 2.46. The molecular weight excluding hydrogens is 492 g/mol. The van der Waals surface area contributed by atoms with Gasteiger partial charge in [-0.15, -0.1) is 0 Å². The lowest BCUT2D eigenvalue weighted by atomic mass is 9.70. The maximum Gasteiger partial charge on any atom is 0.328 e. The van der Waals surface area contributed by atoms with E-state index in [1.165, 1.54) is 17.2 Å². The Morgan fingerprint density at radius 2 is 1.10 bits per heavy atom. The number of hydrogen-bond donors (Lipinski definition) is 2. The van der Waals surface area contributed by atoms with Gasteiger partial charge in [0.1, 0.15) is 5.75 Å². The van der Waals surface area contributed by atoms with E-state index in [9.17, 15) is 15.0 Å². The van der Waals surface area contributed by atoms with Crippen molar-refractivity contribution in [3.63, 3.8) is 0 Å². The van der Waals surface area contributed by atoms with E-state index in [4.69, 9.17) is 0 Å². The Morgan fingerprint density at radius 3 is 1.52 bits per heavy atom. The van der Waals surface area contributed by atoms with Gasteiger partial charge >= 0.3 is 5.97 Å². The van der Waals surface area contributed by atoms with Crippen LogP contribution in [0, 0.1) is 0 Å². The van der Waals surface area contributed by atoms with Crippen LogP contribution in [0.25, 0.3) is 6.08 Å². The van der Waals surface area contributed by atoms with Crippen LogP contribution in [-0.2, 0) is 26.5 Å². The normalized spacial score (nSPS) is 14.1. The minimum atomic E-state index is -0.960. The number of aliphatic carboxylic acids is 1. The highest BCUT2D eigenvalue weighted by atomic mass is 16.4. The smallest absolute Gasteiger partial charge is 0.328 e. The van der Waals surface area contributed by atoms with E-state index in [1.807, 2.05) is 0 Å². The van der Waals surface area contributed by atoms with Gasteiger partial charge in [0.25, 0.3) is 0 Å². The maximum absolute atomic E-state index is 11.9. The second kappa shape index (κ2) is 12.1.